The van der Waals surface area contributed by atoms with Gasteiger partial charge in [0.2, 0.25) is 5.91 Å². The monoisotopic (exact) mass is 214 g/mol. The summed E-state index contributed by atoms with van der Waals surface area (Å²) in [6.07, 6.45) is -1.14. The third kappa shape index (κ3) is 2.97. The third-order valence-corrected chi connectivity index (χ3v) is 1.90. The fourth-order valence-corrected chi connectivity index (χ4v) is 1.15. The number of hydrogen-bond donors (Lipinski definition) is 3. The minimum Gasteiger partial charge on any atom is -0.390 e. The molecule has 6 heteroatoms. The molecule has 2 atom stereocenters. The van der Waals surface area contributed by atoms with Gasteiger partial charge in [0.1, 0.15) is 11.9 Å². The van der Waals surface area contributed by atoms with E-state index in [0.29, 0.717) is 0 Å². The zero-order valence-corrected chi connectivity index (χ0v) is 7.80. The lowest BCUT2D eigenvalue weighted by Crippen LogP contribution is -2.26. The number of primary amides is 1. The predicted octanol–water partition coefficient (Wildman–Crippen LogP) is -0.510. The molecule has 0 saturated carbocycles. The lowest BCUT2D eigenvalue weighted by Gasteiger charge is -2.16. The molecule has 15 heavy (non-hydrogen) atoms. The number of nitrogens with zero attached hydrogens (tertiary/aromatic N) is 1. The van der Waals surface area contributed by atoms with E-state index in [1.165, 1.54) is 12.3 Å². The second-order valence-electron chi connectivity index (χ2n) is 3.08. The number of carbonyl (C=O) groups is 1. The number of aliphatic hydroxyl groups is 2. The molecule has 1 rings (SSSR count). The van der Waals surface area contributed by atoms with Gasteiger partial charge in [-0.1, -0.05) is 0 Å². The van der Waals surface area contributed by atoms with E-state index >= 15 is 0 Å². The fourth-order valence-electron chi connectivity index (χ4n) is 1.15. The number of aliphatic hydroxyl groups excluding tert-OH is 2. The van der Waals surface area contributed by atoms with Gasteiger partial charge in [0.25, 0.3) is 0 Å². The minimum absolute atomic E-state index is 0.112. The molecule has 0 aliphatic heterocycles. The van der Waals surface area contributed by atoms with Crippen molar-refractivity contribution in [2.75, 3.05) is 0 Å². The molecule has 0 saturated heterocycles. The number of hydrogen-bond acceptors (Lipinski definition) is 4. The topological polar surface area (TPSA) is 96.4 Å². The highest BCUT2D eigenvalue weighted by Crippen LogP contribution is 2.20. The van der Waals surface area contributed by atoms with Crippen LogP contribution in [0.5, 0.6) is 0 Å². The Kier molecular flexibility index (Phi) is 3.70. The first-order chi connectivity index (χ1) is 7.02. The summed E-state index contributed by atoms with van der Waals surface area (Å²) in [6.45, 7) is 0. The summed E-state index contributed by atoms with van der Waals surface area (Å²) in [6, 6.07) is 1.23. The molecule has 0 aliphatic carbocycles. The lowest BCUT2D eigenvalue weighted by molar-refractivity contribution is -0.121. The van der Waals surface area contributed by atoms with Gasteiger partial charge in [-0.25, -0.2) is 4.39 Å². The molecule has 1 heterocycles. The second kappa shape index (κ2) is 4.81. The summed E-state index contributed by atoms with van der Waals surface area (Å²) in [5, 5.41) is 18.8. The van der Waals surface area contributed by atoms with Crippen LogP contribution < -0.4 is 5.73 Å². The standard InChI is InChI=1S/C9H11FN2O3/c10-6-4-12-2-1-5(6)9(15)7(13)3-8(11)14/h1-2,4,7,9,13,15H,3H2,(H2,11,14). The summed E-state index contributed by atoms with van der Waals surface area (Å²) in [4.78, 5) is 14.0. The van der Waals surface area contributed by atoms with Gasteiger partial charge < -0.3 is 15.9 Å². The van der Waals surface area contributed by atoms with Crippen molar-refractivity contribution in [1.82, 2.24) is 4.98 Å². The van der Waals surface area contributed by atoms with Gasteiger partial charge in [0.05, 0.1) is 18.7 Å². The Labute approximate surface area is 85.4 Å². The van der Waals surface area contributed by atoms with Crippen LogP contribution in [0.1, 0.15) is 18.1 Å². The molecule has 82 valence electrons. The van der Waals surface area contributed by atoms with Crippen molar-refractivity contribution in [3.63, 3.8) is 0 Å². The number of amides is 1. The van der Waals surface area contributed by atoms with Crippen molar-refractivity contribution in [1.29, 1.82) is 0 Å². The van der Waals surface area contributed by atoms with Crippen LogP contribution >= 0.6 is 0 Å². The van der Waals surface area contributed by atoms with Crippen LogP contribution in [0, 0.1) is 5.82 Å². The van der Waals surface area contributed by atoms with Gasteiger partial charge in [0, 0.05) is 11.8 Å². The Morgan fingerprint density at radius 1 is 1.60 bits per heavy atom. The van der Waals surface area contributed by atoms with Crippen molar-refractivity contribution >= 4 is 5.91 Å². The molecule has 0 fully saturated rings. The minimum atomic E-state index is -1.49. The highest BCUT2D eigenvalue weighted by Gasteiger charge is 2.22. The molecular weight excluding hydrogens is 203 g/mol. The average Bonchev–Trinajstić information content (AvgIpc) is 2.16. The summed E-state index contributed by atoms with van der Waals surface area (Å²) < 4.78 is 13.1. The van der Waals surface area contributed by atoms with E-state index in [1.54, 1.807) is 0 Å². The summed E-state index contributed by atoms with van der Waals surface area (Å²) in [5.74, 6) is -1.51. The van der Waals surface area contributed by atoms with E-state index in [4.69, 9.17) is 5.73 Å². The first-order valence-corrected chi connectivity index (χ1v) is 4.26. The zero-order valence-electron chi connectivity index (χ0n) is 7.80. The Morgan fingerprint density at radius 2 is 2.27 bits per heavy atom. The molecule has 0 aromatic carbocycles. The van der Waals surface area contributed by atoms with Crippen LogP contribution in [0.25, 0.3) is 0 Å². The molecule has 5 nitrogen and oxygen atoms in total. The first-order valence-electron chi connectivity index (χ1n) is 4.26. The molecule has 0 aliphatic rings. The van der Waals surface area contributed by atoms with E-state index in [2.05, 4.69) is 4.98 Å². The van der Waals surface area contributed by atoms with Crippen LogP contribution in [-0.4, -0.2) is 27.2 Å². The maximum atomic E-state index is 13.1. The fraction of sp³-hybridized carbons (Fsp3) is 0.333. The molecule has 0 radical (unpaired) electrons. The number of carbonyl (C=O) groups excluding carboxylic acids is 1. The number of halogens is 1. The van der Waals surface area contributed by atoms with Gasteiger partial charge >= 0.3 is 0 Å². The van der Waals surface area contributed by atoms with Crippen LogP contribution in [0.3, 0.4) is 0 Å². The van der Waals surface area contributed by atoms with Crippen LogP contribution in [-0.2, 0) is 4.79 Å². The summed E-state index contributed by atoms with van der Waals surface area (Å²) in [7, 11) is 0. The second-order valence-corrected chi connectivity index (χ2v) is 3.08. The smallest absolute Gasteiger partial charge is 0.220 e. The molecule has 1 aromatic rings. The highest BCUT2D eigenvalue weighted by atomic mass is 19.1. The zero-order chi connectivity index (χ0) is 11.4. The number of rotatable bonds is 4. The number of aromatic nitrogens is 1. The largest absolute Gasteiger partial charge is 0.390 e. The van der Waals surface area contributed by atoms with Gasteiger partial charge in [-0.2, -0.15) is 0 Å². The molecule has 1 aromatic heterocycles. The van der Waals surface area contributed by atoms with Crippen LogP contribution in [0.4, 0.5) is 4.39 Å². The molecule has 4 N–H and O–H groups in total. The van der Waals surface area contributed by atoms with E-state index in [9.17, 15) is 19.4 Å². The maximum Gasteiger partial charge on any atom is 0.220 e. The Hall–Kier alpha value is -1.53. The van der Waals surface area contributed by atoms with E-state index < -0.39 is 30.4 Å². The Balaban J connectivity index is 2.80. The summed E-state index contributed by atoms with van der Waals surface area (Å²) in [5.41, 5.74) is 4.72. The van der Waals surface area contributed by atoms with Gasteiger partial charge in [-0.3, -0.25) is 9.78 Å². The molecule has 0 spiro atoms. The van der Waals surface area contributed by atoms with Crippen molar-refractivity contribution < 1.29 is 19.4 Å². The van der Waals surface area contributed by atoms with Gasteiger partial charge in [-0.15, -0.1) is 0 Å². The quantitative estimate of drug-likeness (QED) is 0.629. The van der Waals surface area contributed by atoms with E-state index in [-0.39, 0.29) is 5.56 Å². The van der Waals surface area contributed by atoms with Crippen molar-refractivity contribution in [3.05, 3.63) is 29.8 Å². The Morgan fingerprint density at radius 3 is 2.80 bits per heavy atom. The maximum absolute atomic E-state index is 13.1. The molecular formula is C9H11FN2O3. The average molecular weight is 214 g/mol. The third-order valence-electron chi connectivity index (χ3n) is 1.90. The van der Waals surface area contributed by atoms with Crippen molar-refractivity contribution in [3.8, 4) is 0 Å². The van der Waals surface area contributed by atoms with E-state index in [0.717, 1.165) is 6.20 Å². The van der Waals surface area contributed by atoms with Gasteiger partial charge in [-0.05, 0) is 6.07 Å². The molecule has 2 unspecified atom stereocenters. The Bertz CT molecular complexity index is 359. The van der Waals surface area contributed by atoms with Crippen molar-refractivity contribution in [2.24, 2.45) is 5.73 Å². The molecule has 1 amide bonds. The summed E-state index contributed by atoms with van der Waals surface area (Å²) >= 11 is 0. The van der Waals surface area contributed by atoms with Crippen molar-refractivity contribution in [2.45, 2.75) is 18.6 Å². The SMILES string of the molecule is NC(=O)CC(O)C(O)c1ccncc1F. The predicted molar refractivity (Wildman–Crippen MR) is 49.0 cm³/mol. The number of nitrogens with two attached hydrogens (primary N) is 1. The van der Waals surface area contributed by atoms with Gasteiger partial charge in [0.15, 0.2) is 0 Å². The lowest BCUT2D eigenvalue weighted by atomic mass is 10.0. The highest BCUT2D eigenvalue weighted by molar-refractivity contribution is 5.74. The van der Waals surface area contributed by atoms with E-state index in [1.807, 2.05) is 0 Å². The first kappa shape index (κ1) is 11.5. The van der Waals surface area contributed by atoms with Crippen LogP contribution in [0.2, 0.25) is 0 Å². The number of pyridine rings is 1. The molecule has 0 bridgehead atoms. The van der Waals surface area contributed by atoms with Crippen LogP contribution in [0.15, 0.2) is 18.5 Å². The normalized spacial score (nSPS) is 14.6.